The van der Waals surface area contributed by atoms with Crippen LogP contribution in [0.15, 0.2) is 102 Å². The van der Waals surface area contributed by atoms with Crippen LogP contribution in [0.25, 0.3) is 16.8 Å². The molecule has 3 N–H and O–H groups in total. The summed E-state index contributed by atoms with van der Waals surface area (Å²) in [5.41, 5.74) is 6.67. The van der Waals surface area contributed by atoms with Gasteiger partial charge in [-0.3, -0.25) is 9.78 Å². The zero-order valence-corrected chi connectivity index (χ0v) is 18.6. The van der Waals surface area contributed by atoms with Gasteiger partial charge < -0.3 is 11.1 Å². The van der Waals surface area contributed by atoms with E-state index in [4.69, 9.17) is 5.73 Å². The van der Waals surface area contributed by atoms with Crippen LogP contribution in [0.3, 0.4) is 0 Å². The van der Waals surface area contributed by atoms with E-state index in [1.165, 1.54) is 30.6 Å². The summed E-state index contributed by atoms with van der Waals surface area (Å²) >= 11 is 0. The number of amides is 1. The summed E-state index contributed by atoms with van der Waals surface area (Å²) in [6.45, 7) is 0. The number of nitrogens with zero attached hydrogens (tertiary/aromatic N) is 4. The molecular weight excluding hydrogens is 469 g/mol. The summed E-state index contributed by atoms with van der Waals surface area (Å²) < 4.78 is 40.6. The first-order chi connectivity index (χ1) is 17.3. The Morgan fingerprint density at radius 1 is 0.917 bits per heavy atom. The minimum Gasteiger partial charge on any atom is -0.398 e. The zero-order valence-electron chi connectivity index (χ0n) is 18.6. The lowest BCUT2D eigenvalue weighted by atomic mass is 9.99. The van der Waals surface area contributed by atoms with Gasteiger partial charge in [0.1, 0.15) is 5.71 Å². The molecule has 1 amide bonds. The smallest absolute Gasteiger partial charge is 0.398 e. The Kier molecular flexibility index (Phi) is 7.15. The molecule has 10 heteroatoms. The minimum atomic E-state index is -4.79. The lowest BCUT2D eigenvalue weighted by molar-refractivity contribution is -0.0576. The number of halogens is 3. The number of benzene rings is 2. The summed E-state index contributed by atoms with van der Waals surface area (Å²) in [4.78, 5) is 20.3. The van der Waals surface area contributed by atoms with E-state index in [9.17, 15) is 18.0 Å². The number of carbonyl (C=O) groups is 1. The third kappa shape index (κ3) is 5.98. The second-order valence-corrected chi connectivity index (χ2v) is 7.48. The van der Waals surface area contributed by atoms with Gasteiger partial charge in [-0.25, -0.2) is 4.99 Å². The number of hydrogen-bond acceptors (Lipinski definition) is 6. The molecule has 0 fully saturated rings. The second kappa shape index (κ2) is 10.6. The molecule has 2 aromatic carbocycles. The molecule has 2 heterocycles. The van der Waals surface area contributed by atoms with Gasteiger partial charge in [0.2, 0.25) is 0 Å². The van der Waals surface area contributed by atoms with Gasteiger partial charge in [-0.05, 0) is 47.5 Å². The summed E-state index contributed by atoms with van der Waals surface area (Å²) in [6.07, 6.45) is -1.27. The van der Waals surface area contributed by atoms with Crippen molar-refractivity contribution in [1.82, 2.24) is 15.2 Å². The molecule has 0 bridgehead atoms. The molecular formula is C26H19F3N6O. The molecule has 0 unspecified atom stereocenters. The summed E-state index contributed by atoms with van der Waals surface area (Å²) in [5, 5.41) is 10.1. The monoisotopic (exact) mass is 488 g/mol. The Balaban J connectivity index is 1.55. The van der Waals surface area contributed by atoms with Crippen molar-refractivity contribution >= 4 is 29.0 Å². The molecule has 0 saturated heterocycles. The van der Waals surface area contributed by atoms with Crippen LogP contribution in [-0.2, 0) is 0 Å². The van der Waals surface area contributed by atoms with Crippen LogP contribution in [0.1, 0.15) is 15.9 Å². The third-order valence-electron chi connectivity index (χ3n) is 4.96. The van der Waals surface area contributed by atoms with Crippen LogP contribution in [0.2, 0.25) is 0 Å². The van der Waals surface area contributed by atoms with Gasteiger partial charge in [0.25, 0.3) is 5.91 Å². The molecule has 180 valence electrons. The SMILES string of the molecule is NC(=CC(=Nc1ccc(NC(=O)c2ccccc2-c2ccccc2)nn1)C(F)(F)F)c1cccnc1. The van der Waals surface area contributed by atoms with Gasteiger partial charge >= 0.3 is 6.18 Å². The van der Waals surface area contributed by atoms with Crippen molar-refractivity contribution in [3.8, 4) is 11.1 Å². The highest BCUT2D eigenvalue weighted by molar-refractivity contribution is 6.08. The lowest BCUT2D eigenvalue weighted by Gasteiger charge is -2.10. The van der Waals surface area contributed by atoms with Gasteiger partial charge in [0.15, 0.2) is 11.6 Å². The fourth-order valence-corrected chi connectivity index (χ4v) is 3.25. The molecule has 2 aromatic heterocycles. The first-order valence-electron chi connectivity index (χ1n) is 10.6. The van der Waals surface area contributed by atoms with Crippen LogP contribution < -0.4 is 11.1 Å². The van der Waals surface area contributed by atoms with E-state index >= 15 is 0 Å². The minimum absolute atomic E-state index is 0.0563. The molecule has 0 radical (unpaired) electrons. The average Bonchev–Trinajstić information content (AvgIpc) is 2.89. The Labute approximate surface area is 204 Å². The van der Waals surface area contributed by atoms with E-state index in [-0.39, 0.29) is 17.3 Å². The standard InChI is InChI=1S/C26H19F3N6O/c27-26(28,29)22(15-21(30)18-9-6-14-31-16-18)32-23-12-13-24(35-34-23)33-25(36)20-11-5-4-10-19(20)17-7-2-1-3-8-17/h1-16H,30H2,(H,33,35,36). The van der Waals surface area contributed by atoms with Gasteiger partial charge in [-0.2, -0.15) is 13.2 Å². The fourth-order valence-electron chi connectivity index (χ4n) is 3.25. The number of allylic oxidation sites excluding steroid dienone is 1. The maximum atomic E-state index is 13.5. The highest BCUT2D eigenvalue weighted by Crippen LogP contribution is 2.25. The number of rotatable bonds is 6. The van der Waals surface area contributed by atoms with Crippen molar-refractivity contribution in [3.63, 3.8) is 0 Å². The van der Waals surface area contributed by atoms with Crippen LogP contribution in [0.5, 0.6) is 0 Å². The largest absolute Gasteiger partial charge is 0.433 e. The molecule has 0 aliphatic heterocycles. The first-order valence-corrected chi connectivity index (χ1v) is 10.6. The van der Waals surface area contributed by atoms with Gasteiger partial charge in [0, 0.05) is 29.2 Å². The highest BCUT2D eigenvalue weighted by atomic mass is 19.4. The van der Waals surface area contributed by atoms with Crippen LogP contribution in [0, 0.1) is 0 Å². The normalized spacial score (nSPS) is 12.3. The Hall–Kier alpha value is -4.86. The van der Waals surface area contributed by atoms with Crippen LogP contribution in [-0.4, -0.2) is 33.0 Å². The van der Waals surface area contributed by atoms with Crippen molar-refractivity contribution in [2.45, 2.75) is 6.18 Å². The Morgan fingerprint density at radius 3 is 2.33 bits per heavy atom. The topological polar surface area (TPSA) is 106 Å². The number of pyridine rings is 1. The van der Waals surface area contributed by atoms with E-state index in [1.807, 2.05) is 42.5 Å². The summed E-state index contributed by atoms with van der Waals surface area (Å²) in [5.74, 6) is -0.691. The predicted octanol–water partition coefficient (Wildman–Crippen LogP) is 5.43. The summed E-state index contributed by atoms with van der Waals surface area (Å²) in [7, 11) is 0. The maximum absolute atomic E-state index is 13.5. The molecule has 7 nitrogen and oxygen atoms in total. The van der Waals surface area contributed by atoms with Gasteiger partial charge in [0.05, 0.1) is 0 Å². The molecule has 0 aliphatic rings. The Morgan fingerprint density at radius 2 is 1.67 bits per heavy atom. The predicted molar refractivity (Wildman–Crippen MR) is 131 cm³/mol. The molecule has 36 heavy (non-hydrogen) atoms. The van der Waals surface area contributed by atoms with Crippen LogP contribution in [0.4, 0.5) is 24.8 Å². The zero-order chi connectivity index (χ0) is 25.5. The second-order valence-electron chi connectivity index (χ2n) is 7.48. The van der Waals surface area contributed by atoms with E-state index in [0.29, 0.717) is 17.2 Å². The van der Waals surface area contributed by atoms with Crippen molar-refractivity contribution < 1.29 is 18.0 Å². The Bertz CT molecular complexity index is 1400. The van der Waals surface area contributed by atoms with Crippen molar-refractivity contribution in [3.05, 3.63) is 108 Å². The molecule has 4 rings (SSSR count). The number of nitrogens with one attached hydrogen (secondary N) is 1. The molecule has 0 spiro atoms. The van der Waals surface area contributed by atoms with E-state index in [1.54, 1.807) is 18.2 Å². The number of nitrogens with two attached hydrogens (primary N) is 1. The van der Waals surface area contributed by atoms with E-state index in [0.717, 1.165) is 11.1 Å². The number of hydrogen-bond donors (Lipinski definition) is 2. The van der Waals surface area contributed by atoms with E-state index < -0.39 is 17.8 Å². The number of carbonyl (C=O) groups excluding carboxylic acids is 1. The quantitative estimate of drug-likeness (QED) is 0.352. The summed E-state index contributed by atoms with van der Waals surface area (Å²) in [6, 6.07) is 22.0. The number of aromatic nitrogens is 3. The maximum Gasteiger partial charge on any atom is 0.433 e. The average molecular weight is 488 g/mol. The fraction of sp³-hybridized carbons (Fsp3) is 0.0385. The number of anilines is 1. The van der Waals surface area contributed by atoms with Crippen molar-refractivity contribution in [1.29, 1.82) is 0 Å². The number of aliphatic imine (C=N–C) groups is 1. The molecule has 0 atom stereocenters. The molecule has 0 saturated carbocycles. The molecule has 4 aromatic rings. The third-order valence-corrected chi connectivity index (χ3v) is 4.96. The van der Waals surface area contributed by atoms with Crippen LogP contribution >= 0.6 is 0 Å². The van der Waals surface area contributed by atoms with E-state index in [2.05, 4.69) is 25.5 Å². The molecule has 0 aliphatic carbocycles. The first kappa shape index (κ1) is 24.3. The van der Waals surface area contributed by atoms with Gasteiger partial charge in [-0.15, -0.1) is 10.2 Å². The van der Waals surface area contributed by atoms with Crippen molar-refractivity contribution in [2.24, 2.45) is 10.7 Å². The highest BCUT2D eigenvalue weighted by Gasteiger charge is 2.34. The van der Waals surface area contributed by atoms with Crippen molar-refractivity contribution in [2.75, 3.05) is 5.32 Å². The lowest BCUT2D eigenvalue weighted by Crippen LogP contribution is -2.22. The van der Waals surface area contributed by atoms with Gasteiger partial charge in [-0.1, -0.05) is 48.5 Å². The number of alkyl halides is 3.